The summed E-state index contributed by atoms with van der Waals surface area (Å²) in [6, 6.07) is 2.84. The Morgan fingerprint density at radius 3 is 2.70 bits per heavy atom. The first-order valence-corrected chi connectivity index (χ1v) is 6.62. The molecule has 0 aromatic heterocycles. The molecule has 0 radical (unpaired) electrons. The minimum atomic E-state index is -4.77. The van der Waals surface area contributed by atoms with Gasteiger partial charge in [-0.05, 0) is 12.1 Å². The van der Waals surface area contributed by atoms with E-state index in [1.807, 2.05) is 0 Å². The number of halogens is 3. The van der Waals surface area contributed by atoms with E-state index in [0.29, 0.717) is 18.1 Å². The van der Waals surface area contributed by atoms with Gasteiger partial charge in [0.15, 0.2) is 0 Å². The summed E-state index contributed by atoms with van der Waals surface area (Å²) in [7, 11) is 0. The zero-order valence-corrected chi connectivity index (χ0v) is 11.1. The van der Waals surface area contributed by atoms with Crippen molar-refractivity contribution < 1.29 is 18.1 Å². The Labute approximate surface area is 117 Å². The van der Waals surface area contributed by atoms with E-state index in [-0.39, 0.29) is 5.69 Å². The lowest BCUT2D eigenvalue weighted by molar-refractivity contribution is -0.388. The van der Waals surface area contributed by atoms with Crippen LogP contribution in [0.4, 0.5) is 24.5 Å². The van der Waals surface area contributed by atoms with Gasteiger partial charge in [-0.15, -0.1) is 18.2 Å². The number of nitrogens with one attached hydrogen (secondary N) is 1. The molecule has 0 saturated heterocycles. The Balaban J connectivity index is 2.80. The molecule has 108 valence electrons. The molecule has 0 aliphatic rings. The van der Waals surface area contributed by atoms with Gasteiger partial charge in [0, 0.05) is 24.1 Å². The van der Waals surface area contributed by atoms with Crippen LogP contribution in [0.2, 0.25) is 0 Å². The van der Waals surface area contributed by atoms with Crippen LogP contribution in [0, 0.1) is 22.5 Å². The van der Waals surface area contributed by atoms with Crippen molar-refractivity contribution in [2.75, 3.05) is 23.4 Å². The van der Waals surface area contributed by atoms with Crippen LogP contribution in [0.25, 0.3) is 0 Å². The molecular formula is C12H11F3N2O2S. The Morgan fingerprint density at radius 2 is 2.15 bits per heavy atom. The van der Waals surface area contributed by atoms with E-state index >= 15 is 0 Å². The number of terminal acetylenes is 1. The smallest absolute Gasteiger partial charge is 0.384 e. The number of alkyl halides is 3. The number of benzene rings is 1. The maximum Gasteiger partial charge on any atom is 0.423 e. The molecule has 1 aromatic rings. The van der Waals surface area contributed by atoms with Crippen molar-refractivity contribution >= 4 is 23.1 Å². The van der Waals surface area contributed by atoms with Crippen molar-refractivity contribution in [3.63, 3.8) is 0 Å². The van der Waals surface area contributed by atoms with Crippen LogP contribution >= 0.6 is 11.8 Å². The van der Waals surface area contributed by atoms with Gasteiger partial charge in [0.2, 0.25) is 0 Å². The Kier molecular flexibility index (Phi) is 5.70. The molecule has 0 atom stereocenters. The highest BCUT2D eigenvalue weighted by Gasteiger charge is 2.38. The summed E-state index contributed by atoms with van der Waals surface area (Å²) in [5.74, 6) is 3.58. The summed E-state index contributed by atoms with van der Waals surface area (Å²) in [5.41, 5.74) is -2.03. The number of nitrogens with zero attached hydrogens (tertiary/aromatic N) is 1. The summed E-state index contributed by atoms with van der Waals surface area (Å²) in [5, 5.41) is 13.3. The lowest BCUT2D eigenvalue weighted by atomic mass is 10.1. The van der Waals surface area contributed by atoms with E-state index in [2.05, 4.69) is 11.2 Å². The van der Waals surface area contributed by atoms with E-state index in [4.69, 9.17) is 6.42 Å². The van der Waals surface area contributed by atoms with E-state index in [1.165, 1.54) is 17.8 Å². The van der Waals surface area contributed by atoms with Crippen molar-refractivity contribution in [3.05, 3.63) is 33.9 Å². The Hall–Kier alpha value is -1.88. The standard InChI is InChI=1S/C12H11F3N2O2S/c1-2-6-20-7-5-16-9-3-4-11(17(18)19)10(8-9)12(13,14)15/h1,3-4,8,16H,5-7H2. The van der Waals surface area contributed by atoms with Crippen molar-refractivity contribution in [2.45, 2.75) is 6.18 Å². The third-order valence-electron chi connectivity index (χ3n) is 2.26. The van der Waals surface area contributed by atoms with Crippen LogP contribution < -0.4 is 5.32 Å². The molecule has 0 unspecified atom stereocenters. The fourth-order valence-corrected chi connectivity index (χ4v) is 1.94. The summed E-state index contributed by atoms with van der Waals surface area (Å²) >= 11 is 1.46. The second-order valence-corrected chi connectivity index (χ2v) is 4.78. The van der Waals surface area contributed by atoms with Gasteiger partial charge >= 0.3 is 6.18 Å². The van der Waals surface area contributed by atoms with E-state index < -0.39 is 22.4 Å². The molecule has 0 fully saturated rings. The van der Waals surface area contributed by atoms with Gasteiger partial charge in [-0.25, -0.2) is 0 Å². The molecule has 20 heavy (non-hydrogen) atoms. The molecule has 0 saturated carbocycles. The quantitative estimate of drug-likeness (QED) is 0.379. The lowest BCUT2D eigenvalue weighted by Crippen LogP contribution is -2.11. The first-order chi connectivity index (χ1) is 9.36. The van der Waals surface area contributed by atoms with Gasteiger partial charge < -0.3 is 5.32 Å². The number of anilines is 1. The van der Waals surface area contributed by atoms with E-state index in [1.54, 1.807) is 0 Å². The minimum Gasteiger partial charge on any atom is -0.384 e. The normalized spacial score (nSPS) is 10.9. The predicted molar refractivity (Wildman–Crippen MR) is 72.7 cm³/mol. The highest BCUT2D eigenvalue weighted by molar-refractivity contribution is 7.99. The second-order valence-electron chi connectivity index (χ2n) is 3.67. The first-order valence-electron chi connectivity index (χ1n) is 5.47. The van der Waals surface area contributed by atoms with Crippen LogP contribution in [0.3, 0.4) is 0 Å². The van der Waals surface area contributed by atoms with Crippen molar-refractivity contribution in [2.24, 2.45) is 0 Å². The maximum absolute atomic E-state index is 12.7. The van der Waals surface area contributed by atoms with Gasteiger partial charge in [0.1, 0.15) is 5.56 Å². The Bertz CT molecular complexity index is 526. The summed E-state index contributed by atoms with van der Waals surface area (Å²) in [4.78, 5) is 9.53. The number of rotatable bonds is 6. The van der Waals surface area contributed by atoms with Crippen LogP contribution in [0.15, 0.2) is 18.2 Å². The number of hydrogen-bond donors (Lipinski definition) is 1. The molecule has 1 aromatic carbocycles. The average molecular weight is 304 g/mol. The fourth-order valence-electron chi connectivity index (χ4n) is 1.43. The minimum absolute atomic E-state index is 0.184. The highest BCUT2D eigenvalue weighted by atomic mass is 32.2. The summed E-state index contributed by atoms with van der Waals surface area (Å²) in [6.07, 6.45) is 0.289. The molecule has 0 spiro atoms. The van der Waals surface area contributed by atoms with Gasteiger partial charge in [-0.1, -0.05) is 5.92 Å². The molecule has 1 rings (SSSR count). The molecule has 0 bridgehead atoms. The summed E-state index contributed by atoms with van der Waals surface area (Å²) < 4.78 is 38.2. The third kappa shape index (κ3) is 4.66. The molecule has 8 heteroatoms. The number of thioether (sulfide) groups is 1. The zero-order valence-electron chi connectivity index (χ0n) is 10.2. The predicted octanol–water partition coefficient (Wildman–Crippen LogP) is 3.39. The van der Waals surface area contributed by atoms with Crippen LogP contribution in [0.1, 0.15) is 5.56 Å². The number of nitro groups is 1. The zero-order chi connectivity index (χ0) is 15.2. The average Bonchev–Trinajstić information content (AvgIpc) is 2.37. The van der Waals surface area contributed by atoms with Gasteiger partial charge in [-0.2, -0.15) is 13.2 Å². The molecule has 0 heterocycles. The SMILES string of the molecule is C#CCSCCNc1ccc([N+](=O)[O-])c(C(F)(F)F)c1. The molecule has 4 nitrogen and oxygen atoms in total. The number of nitro benzene ring substituents is 1. The molecule has 0 aliphatic carbocycles. The molecule has 0 aliphatic heterocycles. The molecule has 0 amide bonds. The first kappa shape index (κ1) is 16.2. The Morgan fingerprint density at radius 1 is 1.45 bits per heavy atom. The van der Waals surface area contributed by atoms with Gasteiger partial charge in [0.25, 0.3) is 5.69 Å². The number of hydrogen-bond acceptors (Lipinski definition) is 4. The maximum atomic E-state index is 12.7. The molecular weight excluding hydrogens is 293 g/mol. The summed E-state index contributed by atoms with van der Waals surface area (Å²) in [6.45, 7) is 0.418. The molecule has 1 N–H and O–H groups in total. The third-order valence-corrected chi connectivity index (χ3v) is 3.12. The van der Waals surface area contributed by atoms with Crippen molar-refractivity contribution in [3.8, 4) is 12.3 Å². The van der Waals surface area contributed by atoms with Crippen molar-refractivity contribution in [1.29, 1.82) is 0 Å². The largest absolute Gasteiger partial charge is 0.423 e. The fraction of sp³-hybridized carbons (Fsp3) is 0.333. The van der Waals surface area contributed by atoms with Gasteiger partial charge in [0.05, 0.1) is 10.7 Å². The van der Waals surface area contributed by atoms with Crippen LogP contribution in [-0.2, 0) is 6.18 Å². The van der Waals surface area contributed by atoms with E-state index in [0.717, 1.165) is 12.1 Å². The van der Waals surface area contributed by atoms with Crippen LogP contribution in [0.5, 0.6) is 0 Å². The second kappa shape index (κ2) is 7.05. The van der Waals surface area contributed by atoms with Crippen molar-refractivity contribution in [1.82, 2.24) is 0 Å². The van der Waals surface area contributed by atoms with Gasteiger partial charge in [-0.3, -0.25) is 10.1 Å². The van der Waals surface area contributed by atoms with E-state index in [9.17, 15) is 23.3 Å². The topological polar surface area (TPSA) is 55.2 Å². The highest BCUT2D eigenvalue weighted by Crippen LogP contribution is 2.37. The lowest BCUT2D eigenvalue weighted by Gasteiger charge is -2.11. The van der Waals surface area contributed by atoms with Crippen LogP contribution in [-0.4, -0.2) is 23.0 Å². The monoisotopic (exact) mass is 304 g/mol.